The Morgan fingerprint density at radius 3 is 2.52 bits per heavy atom. The zero-order chi connectivity index (χ0) is 19.4. The number of rotatable bonds is 7. The van der Waals surface area contributed by atoms with Crippen LogP contribution in [0.15, 0.2) is 54.8 Å². The van der Waals surface area contributed by atoms with Crippen molar-refractivity contribution < 1.29 is 22.0 Å². The number of carbonyl (C=O) groups excluding carboxylic acids is 1. The molecule has 0 saturated heterocycles. The Morgan fingerprint density at radius 2 is 1.85 bits per heavy atom. The lowest BCUT2D eigenvalue weighted by molar-refractivity contribution is -0.116. The maximum Gasteiger partial charge on any atom is 0.322 e. The molecular weight excluding hydrogens is 438 g/mol. The molecule has 2 aromatic heterocycles. The van der Waals surface area contributed by atoms with E-state index in [4.69, 9.17) is 8.83 Å². The summed E-state index contributed by atoms with van der Waals surface area (Å²) in [6.07, 6.45) is 0.184. The largest absolute Gasteiger partial charge is 0.444 e. The maximum atomic E-state index is 12.3. The van der Waals surface area contributed by atoms with Crippen LogP contribution in [0.4, 0.5) is 6.01 Å². The lowest BCUT2D eigenvalue weighted by Gasteiger charge is -2.05. The minimum absolute atomic E-state index is 0.00903. The number of hydrogen-bond acceptors (Lipinski definition) is 7. The van der Waals surface area contributed by atoms with Crippen LogP contribution in [0.3, 0.4) is 0 Å². The number of aromatic nitrogens is 2. The van der Waals surface area contributed by atoms with Gasteiger partial charge in [-0.25, -0.2) is 8.42 Å². The van der Waals surface area contributed by atoms with Crippen LogP contribution in [0.25, 0.3) is 11.7 Å². The summed E-state index contributed by atoms with van der Waals surface area (Å²) in [5.74, 6) is -0.0548. The molecule has 0 aliphatic heterocycles. The first-order valence-corrected chi connectivity index (χ1v) is 10.5. The van der Waals surface area contributed by atoms with E-state index in [0.29, 0.717) is 10.4 Å². The number of carbonyl (C=O) groups is 1. The third-order valence-electron chi connectivity index (χ3n) is 3.65. The summed E-state index contributed by atoms with van der Waals surface area (Å²) in [5, 5.41) is 9.93. The number of amides is 1. The van der Waals surface area contributed by atoms with Crippen molar-refractivity contribution in [2.45, 2.75) is 24.7 Å². The molecule has 3 rings (SSSR count). The fourth-order valence-corrected chi connectivity index (χ4v) is 3.89. The molecule has 27 heavy (non-hydrogen) atoms. The van der Waals surface area contributed by atoms with Gasteiger partial charge in [0.05, 0.1) is 10.6 Å². The van der Waals surface area contributed by atoms with Crippen LogP contribution in [0.1, 0.15) is 18.4 Å². The molecule has 0 fully saturated rings. The Morgan fingerprint density at radius 1 is 1.11 bits per heavy atom. The number of anilines is 1. The van der Waals surface area contributed by atoms with E-state index in [1.807, 2.05) is 6.92 Å². The molecule has 1 N–H and O–H groups in total. The number of sulfone groups is 1. The van der Waals surface area contributed by atoms with Gasteiger partial charge in [-0.1, -0.05) is 22.8 Å². The number of nitrogens with zero attached hydrogens (tertiary/aromatic N) is 2. The number of hydrogen-bond donors (Lipinski definition) is 1. The van der Waals surface area contributed by atoms with Crippen LogP contribution < -0.4 is 5.32 Å². The van der Waals surface area contributed by atoms with Crippen LogP contribution >= 0.6 is 15.9 Å². The predicted octanol–water partition coefficient (Wildman–Crippen LogP) is 3.59. The number of aryl methyl sites for hydroxylation is 1. The Kier molecular flexibility index (Phi) is 5.76. The van der Waals surface area contributed by atoms with Gasteiger partial charge in [-0.2, -0.15) is 0 Å². The molecule has 0 saturated carbocycles. The lowest BCUT2D eigenvalue weighted by Crippen LogP contribution is -2.14. The van der Waals surface area contributed by atoms with Crippen LogP contribution in [-0.4, -0.2) is 30.3 Å². The van der Waals surface area contributed by atoms with Gasteiger partial charge in [0.25, 0.3) is 5.89 Å². The maximum absolute atomic E-state index is 12.3. The molecule has 0 unspecified atom stereocenters. The van der Waals surface area contributed by atoms with E-state index < -0.39 is 15.7 Å². The fourth-order valence-electron chi connectivity index (χ4n) is 2.27. The van der Waals surface area contributed by atoms with E-state index in [0.717, 1.165) is 5.56 Å². The van der Waals surface area contributed by atoms with Gasteiger partial charge in [-0.3, -0.25) is 10.1 Å². The van der Waals surface area contributed by atoms with Gasteiger partial charge in [0.1, 0.15) is 0 Å². The summed E-state index contributed by atoms with van der Waals surface area (Å²) in [5.41, 5.74) is 0.981. The van der Waals surface area contributed by atoms with E-state index >= 15 is 0 Å². The third-order valence-corrected chi connectivity index (χ3v) is 5.90. The highest BCUT2D eigenvalue weighted by molar-refractivity contribution is 9.10. The minimum Gasteiger partial charge on any atom is -0.444 e. The molecule has 142 valence electrons. The van der Waals surface area contributed by atoms with E-state index in [9.17, 15) is 13.2 Å². The number of benzene rings is 1. The van der Waals surface area contributed by atoms with Crippen LogP contribution in [0.5, 0.6) is 0 Å². The number of halogens is 1. The van der Waals surface area contributed by atoms with Crippen molar-refractivity contribution in [2.24, 2.45) is 0 Å². The highest BCUT2D eigenvalue weighted by Gasteiger charge is 2.17. The Labute approximate surface area is 164 Å². The van der Waals surface area contributed by atoms with Gasteiger partial charge in [0.15, 0.2) is 20.3 Å². The molecule has 1 amide bonds. The fraction of sp³-hybridized carbons (Fsp3) is 0.235. The zero-order valence-electron chi connectivity index (χ0n) is 14.3. The van der Waals surface area contributed by atoms with Gasteiger partial charge < -0.3 is 8.83 Å². The smallest absolute Gasteiger partial charge is 0.322 e. The van der Waals surface area contributed by atoms with Crippen molar-refractivity contribution in [3.8, 4) is 11.7 Å². The zero-order valence-corrected chi connectivity index (χ0v) is 16.7. The summed E-state index contributed by atoms with van der Waals surface area (Å²) in [7, 11) is -3.42. The van der Waals surface area contributed by atoms with Gasteiger partial charge in [0.2, 0.25) is 5.91 Å². The quantitative estimate of drug-likeness (QED) is 0.580. The normalized spacial score (nSPS) is 11.5. The highest BCUT2D eigenvalue weighted by Crippen LogP contribution is 2.25. The lowest BCUT2D eigenvalue weighted by atomic mass is 10.2. The van der Waals surface area contributed by atoms with Crippen molar-refractivity contribution in [3.05, 3.63) is 46.6 Å². The van der Waals surface area contributed by atoms with E-state index in [1.54, 1.807) is 36.4 Å². The molecule has 2 heterocycles. The standard InChI is InChI=1S/C17H16BrN3O5S/c1-11-4-6-12(7-5-11)27(23,24)10-2-3-15(22)19-17-21-20-16(26-17)13-8-9-14(18)25-13/h4-9H,2-3,10H2,1H3,(H,19,21,22). The summed E-state index contributed by atoms with van der Waals surface area (Å²) in [6, 6.07) is 9.85. The second-order valence-electron chi connectivity index (χ2n) is 5.80. The SMILES string of the molecule is Cc1ccc(S(=O)(=O)CCCC(=O)Nc2nnc(-c3ccc(Br)o3)o2)cc1. The molecule has 0 aliphatic rings. The average Bonchev–Trinajstić information content (AvgIpc) is 3.24. The molecule has 0 aliphatic carbocycles. The van der Waals surface area contributed by atoms with E-state index in [-0.39, 0.29) is 35.4 Å². The molecule has 0 bridgehead atoms. The van der Waals surface area contributed by atoms with Crippen molar-refractivity contribution in [2.75, 3.05) is 11.1 Å². The molecule has 10 heteroatoms. The van der Waals surface area contributed by atoms with Crippen molar-refractivity contribution >= 4 is 37.7 Å². The molecule has 3 aromatic rings. The highest BCUT2D eigenvalue weighted by atomic mass is 79.9. The first kappa shape index (κ1) is 19.3. The second kappa shape index (κ2) is 8.05. The average molecular weight is 454 g/mol. The summed E-state index contributed by atoms with van der Waals surface area (Å²) in [4.78, 5) is 12.2. The summed E-state index contributed by atoms with van der Waals surface area (Å²) in [6.45, 7) is 1.88. The van der Waals surface area contributed by atoms with Crippen LogP contribution in [-0.2, 0) is 14.6 Å². The van der Waals surface area contributed by atoms with Crippen LogP contribution in [0, 0.1) is 6.92 Å². The Hall–Kier alpha value is -2.46. The van der Waals surface area contributed by atoms with Crippen molar-refractivity contribution in [1.29, 1.82) is 0 Å². The molecule has 1 aromatic carbocycles. The van der Waals surface area contributed by atoms with Gasteiger partial charge in [-0.15, -0.1) is 5.10 Å². The third kappa shape index (κ3) is 5.04. The monoisotopic (exact) mass is 453 g/mol. The van der Waals surface area contributed by atoms with E-state index in [2.05, 4.69) is 31.4 Å². The first-order valence-electron chi connectivity index (χ1n) is 8.02. The number of furan rings is 1. The van der Waals surface area contributed by atoms with Gasteiger partial charge in [0, 0.05) is 6.42 Å². The molecule has 0 atom stereocenters. The minimum atomic E-state index is -3.42. The Bertz CT molecular complexity index is 1040. The summed E-state index contributed by atoms with van der Waals surface area (Å²) < 4.78 is 35.6. The number of nitrogens with one attached hydrogen (secondary N) is 1. The molecule has 0 radical (unpaired) electrons. The van der Waals surface area contributed by atoms with Gasteiger partial charge >= 0.3 is 6.01 Å². The first-order chi connectivity index (χ1) is 12.8. The molecule has 0 spiro atoms. The predicted molar refractivity (Wildman–Crippen MR) is 101 cm³/mol. The second-order valence-corrected chi connectivity index (χ2v) is 8.69. The van der Waals surface area contributed by atoms with Gasteiger partial charge in [-0.05, 0) is 53.5 Å². The van der Waals surface area contributed by atoms with Crippen LogP contribution in [0.2, 0.25) is 0 Å². The summed E-state index contributed by atoms with van der Waals surface area (Å²) >= 11 is 3.17. The Balaban J connectivity index is 1.51. The topological polar surface area (TPSA) is 115 Å². The van der Waals surface area contributed by atoms with Crippen molar-refractivity contribution in [1.82, 2.24) is 10.2 Å². The van der Waals surface area contributed by atoms with E-state index in [1.165, 1.54) is 0 Å². The van der Waals surface area contributed by atoms with Crippen molar-refractivity contribution in [3.63, 3.8) is 0 Å². The molecular formula is C17H16BrN3O5S. The molecule has 8 nitrogen and oxygen atoms in total.